The molecular weight excluding hydrogens is 690 g/mol. The first-order valence-corrected chi connectivity index (χ1v) is 19.7. The summed E-state index contributed by atoms with van der Waals surface area (Å²) in [5, 5.41) is 2.80. The van der Waals surface area contributed by atoms with Crippen molar-refractivity contribution in [2.75, 3.05) is 36.0 Å². The van der Waals surface area contributed by atoms with E-state index in [1.54, 1.807) is 6.07 Å². The normalized spacial score (nSPS) is 17.2. The maximum Gasteiger partial charge on any atom is 1.00 e. The zero-order chi connectivity index (χ0) is 36.2. The van der Waals surface area contributed by atoms with Gasteiger partial charge in [0.15, 0.2) is 5.71 Å². The molecule has 2 aromatic rings. The summed E-state index contributed by atoms with van der Waals surface area (Å²) in [5.41, 5.74) is 5.45. The van der Waals surface area contributed by atoms with Crippen LogP contribution in [0.1, 0.15) is 88.2 Å². The Labute approximate surface area is 318 Å². The zero-order valence-electron chi connectivity index (χ0n) is 29.8. The van der Waals surface area contributed by atoms with Gasteiger partial charge < -0.3 is 19.3 Å². The summed E-state index contributed by atoms with van der Waals surface area (Å²) in [6.07, 6.45) is 7.74. The molecule has 0 bridgehead atoms. The summed E-state index contributed by atoms with van der Waals surface area (Å²) in [5.74, 6) is -1.15. The van der Waals surface area contributed by atoms with Crippen LogP contribution in [0.2, 0.25) is 0 Å². The quantitative estimate of drug-likeness (QED) is 0.117. The minimum absolute atomic E-state index is 0. The molecule has 0 aromatic heterocycles. The first-order chi connectivity index (χ1) is 22.8. The van der Waals surface area contributed by atoms with E-state index in [1.165, 1.54) is 6.92 Å². The average molecular weight is 736 g/mol. The molecule has 11 nitrogen and oxygen atoms in total. The zero-order valence-corrected chi connectivity index (χ0v) is 33.5. The SMILES string of the molecule is CC(=O)CCNC(=O)c1ccc2c(c1)C(C)(C)/C(=C\C=C\C1=[N+](CCCCS(=O)(=O)[O-])c3ccccc3C1(C)C)N2CCCCS(=O)(=O)[O-].[Na+]. The number of amides is 1. The number of nitrogens with one attached hydrogen (secondary N) is 1. The molecule has 0 spiro atoms. The molecule has 2 heterocycles. The molecule has 0 radical (unpaired) electrons. The fraction of sp³-hybridized carbons (Fsp3) is 0.472. The summed E-state index contributed by atoms with van der Waals surface area (Å²) >= 11 is 0. The van der Waals surface area contributed by atoms with Crippen LogP contribution in [0.25, 0.3) is 0 Å². The second-order valence-corrected chi connectivity index (χ2v) is 16.8. The van der Waals surface area contributed by atoms with Gasteiger partial charge in [-0.15, -0.1) is 0 Å². The van der Waals surface area contributed by atoms with Crippen molar-refractivity contribution in [3.05, 3.63) is 83.1 Å². The monoisotopic (exact) mass is 735 g/mol. The molecule has 1 N–H and O–H groups in total. The van der Waals surface area contributed by atoms with Crippen LogP contribution < -0.4 is 39.8 Å². The largest absolute Gasteiger partial charge is 1.00 e. The minimum atomic E-state index is -4.34. The number of nitrogens with zero attached hydrogens (tertiary/aromatic N) is 2. The number of ketones is 1. The Morgan fingerprint density at radius 2 is 1.52 bits per heavy atom. The van der Waals surface area contributed by atoms with E-state index in [0.29, 0.717) is 31.5 Å². The Morgan fingerprint density at radius 3 is 2.16 bits per heavy atom. The summed E-state index contributed by atoms with van der Waals surface area (Å²) < 4.78 is 69.6. The van der Waals surface area contributed by atoms with Crippen molar-refractivity contribution < 1.29 is 69.7 Å². The third-order valence-corrected chi connectivity index (χ3v) is 10.9. The molecule has 2 aliphatic rings. The van der Waals surface area contributed by atoms with Crippen LogP contribution in [0.3, 0.4) is 0 Å². The van der Waals surface area contributed by atoms with E-state index in [1.807, 2.05) is 48.6 Å². The first-order valence-electron chi connectivity index (χ1n) is 16.5. The van der Waals surface area contributed by atoms with Crippen LogP contribution in [0.4, 0.5) is 11.4 Å². The topological polar surface area (TPSA) is 167 Å². The van der Waals surface area contributed by atoms with Crippen molar-refractivity contribution in [3.63, 3.8) is 0 Å². The van der Waals surface area contributed by atoms with Gasteiger partial charge in [0, 0.05) is 77.5 Å². The van der Waals surface area contributed by atoms with Crippen molar-refractivity contribution in [1.29, 1.82) is 0 Å². The third kappa shape index (κ3) is 10.2. The second kappa shape index (κ2) is 16.8. The Balaban J connectivity index is 0.00000676. The van der Waals surface area contributed by atoms with Gasteiger partial charge >= 0.3 is 29.6 Å². The number of hydrogen-bond acceptors (Lipinski definition) is 9. The summed E-state index contributed by atoms with van der Waals surface area (Å²) in [4.78, 5) is 26.4. The van der Waals surface area contributed by atoms with Gasteiger partial charge in [-0.05, 0) is 69.9 Å². The van der Waals surface area contributed by atoms with Gasteiger partial charge in [-0.3, -0.25) is 9.59 Å². The Morgan fingerprint density at radius 1 is 0.880 bits per heavy atom. The molecule has 0 atom stereocenters. The first kappa shape index (κ1) is 41.8. The van der Waals surface area contributed by atoms with Gasteiger partial charge in [-0.2, -0.15) is 4.58 Å². The molecule has 4 rings (SSSR count). The van der Waals surface area contributed by atoms with E-state index >= 15 is 0 Å². The number of Topliss-reactive ketones (excluding diaryl/α,β-unsaturated/α-hetero) is 1. The molecule has 0 unspecified atom stereocenters. The molecular formula is C36H46N3NaO8S2. The van der Waals surface area contributed by atoms with E-state index in [9.17, 15) is 35.5 Å². The molecule has 2 aromatic carbocycles. The van der Waals surface area contributed by atoms with E-state index in [2.05, 4.69) is 48.6 Å². The minimum Gasteiger partial charge on any atom is -0.748 e. The molecule has 0 aliphatic carbocycles. The second-order valence-electron chi connectivity index (χ2n) is 13.7. The van der Waals surface area contributed by atoms with Crippen LogP contribution in [-0.4, -0.2) is 79.1 Å². The number of anilines is 1. The third-order valence-electron chi connectivity index (χ3n) is 9.28. The number of allylic oxidation sites excluding steroid dienone is 4. The summed E-state index contributed by atoms with van der Waals surface area (Å²) in [6, 6.07) is 13.5. The molecule has 266 valence electrons. The smallest absolute Gasteiger partial charge is 0.748 e. The molecule has 0 saturated heterocycles. The molecule has 0 fully saturated rings. The number of benzene rings is 2. The van der Waals surface area contributed by atoms with Gasteiger partial charge in [0.25, 0.3) is 5.91 Å². The number of carbonyl (C=O) groups excluding carboxylic acids is 2. The van der Waals surface area contributed by atoms with E-state index in [4.69, 9.17) is 0 Å². The number of para-hydroxylation sites is 1. The predicted molar refractivity (Wildman–Crippen MR) is 189 cm³/mol. The van der Waals surface area contributed by atoms with Gasteiger partial charge in [0.05, 0.1) is 25.7 Å². The van der Waals surface area contributed by atoms with Crippen molar-refractivity contribution >= 4 is 49.0 Å². The number of fused-ring (bicyclic) bond motifs is 2. The summed E-state index contributed by atoms with van der Waals surface area (Å²) in [6.45, 7) is 11.1. The van der Waals surface area contributed by atoms with Gasteiger partial charge in [0.1, 0.15) is 12.3 Å². The van der Waals surface area contributed by atoms with Crippen molar-refractivity contribution in [1.82, 2.24) is 5.32 Å². The van der Waals surface area contributed by atoms with Gasteiger partial charge in [0.2, 0.25) is 5.69 Å². The van der Waals surface area contributed by atoms with Crippen LogP contribution in [0, 0.1) is 0 Å². The Kier molecular flexibility index (Phi) is 14.0. The van der Waals surface area contributed by atoms with Crippen molar-refractivity contribution in [2.24, 2.45) is 0 Å². The van der Waals surface area contributed by atoms with Crippen LogP contribution in [0.15, 0.2) is 66.4 Å². The maximum absolute atomic E-state index is 13.0. The van der Waals surface area contributed by atoms with Crippen LogP contribution in [-0.2, 0) is 35.9 Å². The van der Waals surface area contributed by atoms with Gasteiger partial charge in [-0.1, -0.05) is 38.1 Å². The van der Waals surface area contributed by atoms with E-state index in [0.717, 1.165) is 33.9 Å². The van der Waals surface area contributed by atoms with Crippen LogP contribution in [0.5, 0.6) is 0 Å². The standard InChI is InChI=1S/C36H47N3O8S2.Na/c1-26(40)19-20-37-34(41)27-17-18-31-29(25-27)36(4,5)33(39(31)22-9-11-24-49(45,46)47)16-12-15-32-35(2,3)28-13-6-7-14-30(28)38(32)21-8-10-23-48(42,43)44;/h6-7,12-18,25H,8-11,19-24H2,1-5H3,(H2-,37,41,42,43,44,45,46,47);/q;+1/p-1. The summed E-state index contributed by atoms with van der Waals surface area (Å²) in [7, 11) is -8.63. The fourth-order valence-corrected chi connectivity index (χ4v) is 7.84. The average Bonchev–Trinajstić information content (AvgIpc) is 3.34. The van der Waals surface area contributed by atoms with E-state index in [-0.39, 0.29) is 72.5 Å². The van der Waals surface area contributed by atoms with Crippen molar-refractivity contribution in [2.45, 2.75) is 77.6 Å². The Hall–Kier alpha value is -2.65. The molecule has 0 saturated carbocycles. The fourth-order valence-electron chi connectivity index (χ4n) is 6.72. The number of rotatable bonds is 16. The number of unbranched alkanes of at least 4 members (excludes halogenated alkanes) is 2. The van der Waals surface area contributed by atoms with E-state index < -0.39 is 37.2 Å². The predicted octanol–water partition coefficient (Wildman–Crippen LogP) is 1.66. The molecule has 2 aliphatic heterocycles. The van der Waals surface area contributed by atoms with Crippen molar-refractivity contribution in [3.8, 4) is 0 Å². The Bertz CT molecular complexity index is 1920. The molecule has 50 heavy (non-hydrogen) atoms. The molecule has 14 heteroatoms. The van der Waals surface area contributed by atoms with Crippen LogP contribution >= 0.6 is 0 Å². The number of hydrogen-bond donors (Lipinski definition) is 1. The maximum atomic E-state index is 13.0. The molecule has 1 amide bonds. The number of carbonyl (C=O) groups is 2. The van der Waals surface area contributed by atoms with Gasteiger partial charge in [-0.25, -0.2) is 16.8 Å².